The van der Waals surface area contributed by atoms with Gasteiger partial charge >= 0.3 is 0 Å². The molecular formula is C22H28N2. The molecule has 3 rings (SSSR count). The van der Waals surface area contributed by atoms with Crippen LogP contribution < -0.4 is 0 Å². The molecule has 1 aromatic carbocycles. The lowest BCUT2D eigenvalue weighted by Gasteiger charge is -1.89. The smallest absolute Gasteiger partial charge is 0.0400 e. The third-order valence-electron chi connectivity index (χ3n) is 3.47. The van der Waals surface area contributed by atoms with Crippen LogP contribution in [0, 0.1) is 0 Å². The van der Waals surface area contributed by atoms with Crippen molar-refractivity contribution in [3.05, 3.63) is 96.1 Å². The Labute approximate surface area is 146 Å². The number of benzene rings is 1. The van der Waals surface area contributed by atoms with E-state index in [0.29, 0.717) is 0 Å². The molecule has 2 heterocycles. The fraction of sp³-hybridized carbons (Fsp3) is 0.273. The molecule has 0 fully saturated rings. The minimum Gasteiger partial charge on any atom is -0.264 e. The normalized spacial score (nSPS) is 9.12. The minimum atomic E-state index is 1.03. The van der Waals surface area contributed by atoms with Gasteiger partial charge in [0, 0.05) is 24.3 Å². The van der Waals surface area contributed by atoms with Gasteiger partial charge in [-0.25, -0.2) is 0 Å². The Kier molecular flexibility index (Phi) is 10.6. The molecule has 0 unspecified atom stereocenters. The van der Waals surface area contributed by atoms with E-state index in [0.717, 1.165) is 25.0 Å². The van der Waals surface area contributed by atoms with Crippen molar-refractivity contribution < 1.29 is 0 Å². The van der Waals surface area contributed by atoms with Crippen LogP contribution >= 0.6 is 0 Å². The standard InChI is InChI=1S/C8H10.2C7H9N/c1-2-8-6-4-3-5-7-8;1-2-7-4-3-5-8-6-7;1-2-7-5-3-4-6-8-7/h3-7H,2H2,1H3;2*3-6H,2H2,1H3. The summed E-state index contributed by atoms with van der Waals surface area (Å²) in [6.45, 7) is 6.38. The van der Waals surface area contributed by atoms with Crippen LogP contribution in [0.5, 0.6) is 0 Å². The van der Waals surface area contributed by atoms with E-state index in [1.165, 1.54) is 11.1 Å². The van der Waals surface area contributed by atoms with Gasteiger partial charge in [0.2, 0.25) is 0 Å². The van der Waals surface area contributed by atoms with E-state index in [2.05, 4.69) is 61.1 Å². The fourth-order valence-electron chi connectivity index (χ4n) is 1.93. The molecule has 0 atom stereocenters. The summed E-state index contributed by atoms with van der Waals surface area (Å²) in [6.07, 6.45) is 8.74. The average molecular weight is 320 g/mol. The lowest BCUT2D eigenvalue weighted by Crippen LogP contribution is -1.81. The largest absolute Gasteiger partial charge is 0.264 e. The van der Waals surface area contributed by atoms with Crippen molar-refractivity contribution in [1.29, 1.82) is 0 Å². The molecule has 2 aromatic heterocycles. The summed E-state index contributed by atoms with van der Waals surface area (Å²) in [6, 6.07) is 20.5. The van der Waals surface area contributed by atoms with Crippen LogP contribution in [0.1, 0.15) is 37.6 Å². The molecule has 0 aliphatic heterocycles. The van der Waals surface area contributed by atoms with Gasteiger partial charge in [0.15, 0.2) is 0 Å². The van der Waals surface area contributed by atoms with Gasteiger partial charge in [-0.2, -0.15) is 0 Å². The first kappa shape index (κ1) is 19.6. The first-order valence-corrected chi connectivity index (χ1v) is 8.62. The Morgan fingerprint density at radius 1 is 0.625 bits per heavy atom. The minimum absolute atomic E-state index is 1.03. The van der Waals surface area contributed by atoms with Crippen LogP contribution in [0.25, 0.3) is 0 Å². The molecule has 0 aliphatic rings. The Balaban J connectivity index is 0.000000180. The summed E-state index contributed by atoms with van der Waals surface area (Å²) < 4.78 is 0. The zero-order chi connectivity index (χ0) is 17.5. The molecule has 0 N–H and O–H groups in total. The van der Waals surface area contributed by atoms with Crippen LogP contribution in [-0.2, 0) is 19.3 Å². The van der Waals surface area contributed by atoms with Crippen LogP contribution in [0.2, 0.25) is 0 Å². The van der Waals surface area contributed by atoms with E-state index >= 15 is 0 Å². The van der Waals surface area contributed by atoms with Crippen molar-refractivity contribution in [3.8, 4) is 0 Å². The monoisotopic (exact) mass is 320 g/mol. The molecule has 24 heavy (non-hydrogen) atoms. The van der Waals surface area contributed by atoms with Crippen LogP contribution in [0.3, 0.4) is 0 Å². The van der Waals surface area contributed by atoms with Gasteiger partial charge in [-0.1, -0.05) is 63.2 Å². The van der Waals surface area contributed by atoms with Crippen LogP contribution in [0.4, 0.5) is 0 Å². The molecule has 0 radical (unpaired) electrons. The van der Waals surface area contributed by atoms with Crippen molar-refractivity contribution in [1.82, 2.24) is 9.97 Å². The van der Waals surface area contributed by atoms with Crippen LogP contribution in [-0.4, -0.2) is 9.97 Å². The zero-order valence-electron chi connectivity index (χ0n) is 15.0. The summed E-state index contributed by atoms with van der Waals surface area (Å²) in [5.74, 6) is 0. The van der Waals surface area contributed by atoms with Crippen molar-refractivity contribution in [3.63, 3.8) is 0 Å². The number of aromatic nitrogens is 2. The Morgan fingerprint density at radius 2 is 1.29 bits per heavy atom. The maximum atomic E-state index is 4.10. The summed E-state index contributed by atoms with van der Waals surface area (Å²) in [7, 11) is 0. The van der Waals surface area contributed by atoms with Gasteiger partial charge in [0.25, 0.3) is 0 Å². The fourth-order valence-corrected chi connectivity index (χ4v) is 1.93. The highest BCUT2D eigenvalue weighted by Crippen LogP contribution is 1.97. The maximum absolute atomic E-state index is 4.10. The number of nitrogens with zero attached hydrogens (tertiary/aromatic N) is 2. The van der Waals surface area contributed by atoms with E-state index < -0.39 is 0 Å². The summed E-state index contributed by atoms with van der Waals surface area (Å²) >= 11 is 0. The molecule has 0 saturated heterocycles. The second kappa shape index (κ2) is 13.0. The molecule has 0 spiro atoms. The second-order valence-corrected chi connectivity index (χ2v) is 5.23. The summed E-state index contributed by atoms with van der Waals surface area (Å²) in [4.78, 5) is 8.05. The highest BCUT2D eigenvalue weighted by molar-refractivity contribution is 5.13. The topological polar surface area (TPSA) is 25.8 Å². The first-order valence-electron chi connectivity index (χ1n) is 8.62. The van der Waals surface area contributed by atoms with Gasteiger partial charge < -0.3 is 0 Å². The lowest BCUT2D eigenvalue weighted by atomic mass is 10.2. The first-order chi connectivity index (χ1) is 11.8. The highest BCUT2D eigenvalue weighted by Gasteiger charge is 1.82. The van der Waals surface area contributed by atoms with E-state index in [1.807, 2.05) is 42.7 Å². The Hall–Kier alpha value is -2.48. The van der Waals surface area contributed by atoms with E-state index in [-0.39, 0.29) is 0 Å². The molecule has 2 heteroatoms. The third-order valence-corrected chi connectivity index (χ3v) is 3.47. The Bertz CT molecular complexity index is 528. The predicted molar refractivity (Wildman–Crippen MR) is 103 cm³/mol. The third kappa shape index (κ3) is 8.84. The van der Waals surface area contributed by atoms with Gasteiger partial charge in [-0.3, -0.25) is 9.97 Å². The average Bonchev–Trinajstić information content (AvgIpc) is 2.71. The number of pyridine rings is 2. The SMILES string of the molecule is CCc1ccccc1.CCc1ccccn1.CCc1cccnc1. The van der Waals surface area contributed by atoms with Gasteiger partial charge in [0.05, 0.1) is 0 Å². The van der Waals surface area contributed by atoms with Gasteiger partial charge in [-0.05, 0) is 48.6 Å². The quantitative estimate of drug-likeness (QED) is 0.633. The summed E-state index contributed by atoms with van der Waals surface area (Å²) in [5.41, 5.74) is 3.87. The maximum Gasteiger partial charge on any atom is 0.0400 e. The molecular weight excluding hydrogens is 292 g/mol. The molecule has 3 aromatic rings. The number of hydrogen-bond donors (Lipinski definition) is 0. The number of aryl methyl sites for hydroxylation is 3. The van der Waals surface area contributed by atoms with Crippen molar-refractivity contribution >= 4 is 0 Å². The second-order valence-electron chi connectivity index (χ2n) is 5.23. The predicted octanol–water partition coefficient (Wildman–Crippen LogP) is 5.54. The van der Waals surface area contributed by atoms with E-state index in [1.54, 1.807) is 6.20 Å². The van der Waals surface area contributed by atoms with Crippen molar-refractivity contribution in [2.45, 2.75) is 40.0 Å². The van der Waals surface area contributed by atoms with Crippen LogP contribution in [0.15, 0.2) is 79.3 Å². The van der Waals surface area contributed by atoms with E-state index in [4.69, 9.17) is 0 Å². The zero-order valence-corrected chi connectivity index (χ0v) is 15.0. The van der Waals surface area contributed by atoms with Gasteiger partial charge in [-0.15, -0.1) is 0 Å². The molecule has 0 amide bonds. The van der Waals surface area contributed by atoms with E-state index in [9.17, 15) is 0 Å². The molecule has 0 aliphatic carbocycles. The number of hydrogen-bond acceptors (Lipinski definition) is 2. The molecule has 2 nitrogen and oxygen atoms in total. The van der Waals surface area contributed by atoms with Crippen molar-refractivity contribution in [2.24, 2.45) is 0 Å². The molecule has 0 bridgehead atoms. The van der Waals surface area contributed by atoms with Gasteiger partial charge in [0.1, 0.15) is 0 Å². The summed E-state index contributed by atoms with van der Waals surface area (Å²) in [5, 5.41) is 0. The molecule has 0 saturated carbocycles. The van der Waals surface area contributed by atoms with Crippen molar-refractivity contribution in [2.75, 3.05) is 0 Å². The lowest BCUT2D eigenvalue weighted by molar-refractivity contribution is 1.04. The number of rotatable bonds is 3. The highest BCUT2D eigenvalue weighted by atomic mass is 14.7. The Morgan fingerprint density at radius 3 is 1.67 bits per heavy atom. The molecule has 126 valence electrons.